The van der Waals surface area contributed by atoms with Crippen LogP contribution in [0.1, 0.15) is 39.0 Å². The van der Waals surface area contributed by atoms with Gasteiger partial charge in [0.25, 0.3) is 5.56 Å². The first-order valence-corrected chi connectivity index (χ1v) is 10.4. The van der Waals surface area contributed by atoms with Crippen LogP contribution in [0.15, 0.2) is 22.0 Å². The minimum absolute atomic E-state index is 0.0115. The van der Waals surface area contributed by atoms with Crippen LogP contribution in [0.3, 0.4) is 0 Å². The van der Waals surface area contributed by atoms with Gasteiger partial charge < -0.3 is 19.1 Å². The number of rotatable bonds is 4. The van der Waals surface area contributed by atoms with E-state index in [1.54, 1.807) is 6.92 Å². The molecule has 0 radical (unpaired) electrons. The van der Waals surface area contributed by atoms with Crippen LogP contribution in [0.25, 0.3) is 0 Å². The highest BCUT2D eigenvalue weighted by atomic mass is 31.2. The van der Waals surface area contributed by atoms with Gasteiger partial charge in [-0.1, -0.05) is 26.0 Å². The molecule has 0 aliphatic carbocycles. The van der Waals surface area contributed by atoms with Crippen LogP contribution in [0.4, 0.5) is 0 Å². The Bertz CT molecular complexity index is 1030. The molecule has 2 N–H and O–H groups in total. The maximum absolute atomic E-state index is 12.2. The van der Waals surface area contributed by atoms with Crippen LogP contribution in [0.5, 0.6) is 0 Å². The van der Waals surface area contributed by atoms with Gasteiger partial charge in [0.15, 0.2) is 13.0 Å². The topological polar surface area (TPSA) is 155 Å². The Labute approximate surface area is 160 Å². The van der Waals surface area contributed by atoms with E-state index in [0.29, 0.717) is 12.0 Å². The van der Waals surface area contributed by atoms with Crippen LogP contribution in [-0.2, 0) is 15.8 Å². The summed E-state index contributed by atoms with van der Waals surface area (Å²) in [7, 11) is -4.73. The average molecular weight is 412 g/mol. The smallest absolute Gasteiger partial charge is 0.330 e. The second kappa shape index (κ2) is 7.07. The summed E-state index contributed by atoms with van der Waals surface area (Å²) in [5.41, 5.74) is -1.28. The standard InChI is InChI=1S/C16H24N5O6P/c1-9-6-21(15(23)17-14(9)22)13-5-10(16(2,3)4)11(27-13)7-20-8-12(18-19-20)28(24,25)26/h6,8,10-11,13H,5,7H2,1-4H3,(H,17,22,23)(H2,24,25,26)/p-1/t10?,11-,13-/m1/s1. The van der Waals surface area contributed by atoms with Gasteiger partial charge in [-0.3, -0.25) is 14.3 Å². The maximum Gasteiger partial charge on any atom is 0.330 e. The van der Waals surface area contributed by atoms with Crippen molar-refractivity contribution in [2.45, 2.75) is 53.0 Å². The predicted octanol–water partition coefficient (Wildman–Crippen LogP) is -0.742. The average Bonchev–Trinajstić information content (AvgIpc) is 3.17. The van der Waals surface area contributed by atoms with Crippen LogP contribution in [0, 0.1) is 18.3 Å². The molecule has 2 aromatic rings. The molecule has 28 heavy (non-hydrogen) atoms. The van der Waals surface area contributed by atoms with Crippen molar-refractivity contribution in [2.75, 3.05) is 0 Å². The number of nitrogens with zero attached hydrogens (tertiary/aromatic N) is 4. The molecule has 3 rings (SSSR count). The monoisotopic (exact) mass is 412 g/mol. The van der Waals surface area contributed by atoms with Gasteiger partial charge in [-0.05, 0) is 24.7 Å². The van der Waals surface area contributed by atoms with Gasteiger partial charge in [0.2, 0.25) is 0 Å². The van der Waals surface area contributed by atoms with E-state index >= 15 is 0 Å². The Balaban J connectivity index is 1.89. The third kappa shape index (κ3) is 4.17. The Hall–Kier alpha value is -2.07. The summed E-state index contributed by atoms with van der Waals surface area (Å²) in [6, 6.07) is 0. The first-order chi connectivity index (χ1) is 12.9. The summed E-state index contributed by atoms with van der Waals surface area (Å²) in [6.45, 7) is 7.94. The van der Waals surface area contributed by atoms with Crippen LogP contribution in [0.2, 0.25) is 0 Å². The fraction of sp³-hybridized carbons (Fsp3) is 0.625. The molecule has 3 heterocycles. The highest BCUT2D eigenvalue weighted by molar-refractivity contribution is 7.58. The molecule has 4 atom stereocenters. The number of ether oxygens (including phenoxy) is 1. The zero-order valence-electron chi connectivity index (χ0n) is 16.0. The number of nitrogens with one attached hydrogen (secondary N) is 1. The van der Waals surface area contributed by atoms with Crippen molar-refractivity contribution in [2.24, 2.45) is 11.3 Å². The Kier molecular flexibility index (Phi) is 5.22. The Morgan fingerprint density at radius 3 is 2.64 bits per heavy atom. The third-order valence-electron chi connectivity index (χ3n) is 4.99. The second-order valence-corrected chi connectivity index (χ2v) is 9.63. The lowest BCUT2D eigenvalue weighted by Gasteiger charge is -2.30. The molecule has 2 unspecified atom stereocenters. The zero-order valence-corrected chi connectivity index (χ0v) is 16.9. The second-order valence-electron chi connectivity index (χ2n) is 8.14. The minimum atomic E-state index is -4.73. The molecule has 0 spiro atoms. The summed E-state index contributed by atoms with van der Waals surface area (Å²) < 4.78 is 20.0. The molecular weight excluding hydrogens is 389 g/mol. The van der Waals surface area contributed by atoms with Crippen molar-refractivity contribution in [1.82, 2.24) is 24.5 Å². The Morgan fingerprint density at radius 1 is 1.39 bits per heavy atom. The van der Waals surface area contributed by atoms with Crippen molar-refractivity contribution in [3.63, 3.8) is 0 Å². The predicted molar refractivity (Wildman–Crippen MR) is 97.0 cm³/mol. The van der Waals surface area contributed by atoms with Crippen molar-refractivity contribution < 1.29 is 19.1 Å². The van der Waals surface area contributed by atoms with Gasteiger partial charge in [-0.2, -0.15) is 0 Å². The summed E-state index contributed by atoms with van der Waals surface area (Å²) in [6.07, 6.45) is 2.18. The van der Waals surface area contributed by atoms with Crippen LogP contribution >= 0.6 is 7.60 Å². The Morgan fingerprint density at radius 2 is 2.07 bits per heavy atom. The first kappa shape index (κ1) is 20.7. The number of aryl methyl sites for hydroxylation is 1. The largest absolute Gasteiger partial charge is 0.774 e. The van der Waals surface area contributed by atoms with Gasteiger partial charge in [-0.15, -0.1) is 5.10 Å². The normalized spacial score (nSPS) is 25.0. The summed E-state index contributed by atoms with van der Waals surface area (Å²) >= 11 is 0. The lowest BCUT2D eigenvalue weighted by atomic mass is 9.76. The van der Waals surface area contributed by atoms with Crippen molar-refractivity contribution in [1.29, 1.82) is 0 Å². The number of hydrogen-bond donors (Lipinski definition) is 2. The van der Waals surface area contributed by atoms with Gasteiger partial charge in [0.1, 0.15) is 6.23 Å². The highest BCUT2D eigenvalue weighted by Crippen LogP contribution is 2.43. The molecule has 0 amide bonds. The van der Waals surface area contributed by atoms with Crippen LogP contribution < -0.4 is 21.6 Å². The van der Waals surface area contributed by atoms with Crippen molar-refractivity contribution in [3.05, 3.63) is 38.8 Å². The molecule has 12 heteroatoms. The molecule has 1 aliphatic rings. The minimum Gasteiger partial charge on any atom is -0.774 e. The van der Waals surface area contributed by atoms with E-state index in [1.165, 1.54) is 15.4 Å². The summed E-state index contributed by atoms with van der Waals surface area (Å²) in [5.74, 6) is 0.0115. The van der Waals surface area contributed by atoms with Gasteiger partial charge in [-0.25, -0.2) is 9.48 Å². The summed E-state index contributed by atoms with van der Waals surface area (Å²) in [4.78, 5) is 46.4. The van der Waals surface area contributed by atoms with E-state index in [-0.39, 0.29) is 24.0 Å². The van der Waals surface area contributed by atoms with E-state index in [9.17, 15) is 19.0 Å². The molecule has 0 bridgehead atoms. The molecule has 1 saturated heterocycles. The molecule has 154 valence electrons. The van der Waals surface area contributed by atoms with Crippen LogP contribution in [-0.4, -0.2) is 35.5 Å². The first-order valence-electron chi connectivity index (χ1n) is 8.78. The third-order valence-corrected chi connectivity index (χ3v) is 5.77. The van der Waals surface area contributed by atoms with Crippen molar-refractivity contribution >= 4 is 13.0 Å². The fourth-order valence-corrected chi connectivity index (χ4v) is 3.91. The molecule has 1 fully saturated rings. The highest BCUT2D eigenvalue weighted by Gasteiger charge is 2.43. The fourth-order valence-electron chi connectivity index (χ4n) is 3.47. The van der Waals surface area contributed by atoms with Gasteiger partial charge in [0.05, 0.1) is 18.8 Å². The van der Waals surface area contributed by atoms with E-state index < -0.39 is 30.5 Å². The lowest BCUT2D eigenvalue weighted by molar-refractivity contribution is -0.189. The number of H-pyrrole nitrogens is 1. The molecule has 1 aliphatic heterocycles. The molecular formula is C16H23N5O6P-. The van der Waals surface area contributed by atoms with E-state index in [0.717, 1.165) is 6.20 Å². The maximum atomic E-state index is 12.2. The van der Waals surface area contributed by atoms with E-state index in [1.807, 2.05) is 20.8 Å². The quantitative estimate of drug-likeness (QED) is 0.622. The van der Waals surface area contributed by atoms with E-state index in [2.05, 4.69) is 15.3 Å². The van der Waals surface area contributed by atoms with E-state index in [4.69, 9.17) is 9.63 Å². The number of aromatic nitrogens is 5. The zero-order chi connectivity index (χ0) is 20.9. The number of aromatic amines is 1. The lowest BCUT2D eigenvalue weighted by Crippen LogP contribution is -2.33. The van der Waals surface area contributed by atoms with Gasteiger partial charge >= 0.3 is 5.69 Å². The number of hydrogen-bond acceptors (Lipinski definition) is 7. The SMILES string of the molecule is Cc1cn([C@H]2CC(C(C)(C)C)[C@@H](Cn3cc(P(=O)([O-])O)nn3)O2)c(=O)[nH]c1=O. The molecule has 0 aromatic carbocycles. The molecule has 0 saturated carbocycles. The molecule has 11 nitrogen and oxygen atoms in total. The van der Waals surface area contributed by atoms with Gasteiger partial charge in [0, 0.05) is 11.8 Å². The summed E-state index contributed by atoms with van der Waals surface area (Å²) in [5, 5.41) is 7.21. The molecule has 2 aromatic heterocycles. The van der Waals surface area contributed by atoms with Crippen molar-refractivity contribution in [3.8, 4) is 0 Å².